The van der Waals surface area contributed by atoms with Crippen molar-refractivity contribution in [2.75, 3.05) is 0 Å². The molecule has 0 amide bonds. The summed E-state index contributed by atoms with van der Waals surface area (Å²) in [5.74, 6) is 0.582. The Bertz CT molecular complexity index is 300. The lowest BCUT2D eigenvalue weighted by Gasteiger charge is -2.21. The van der Waals surface area contributed by atoms with Crippen LogP contribution >= 0.6 is 11.6 Å². The zero-order valence-electron chi connectivity index (χ0n) is 8.67. The largest absolute Gasteiger partial charge is 0.269 e. The molecule has 0 radical (unpaired) electrons. The summed E-state index contributed by atoms with van der Waals surface area (Å²) in [5, 5.41) is 4.54. The molecular formula is C11H17ClN2. The topological polar surface area (TPSA) is 17.8 Å². The van der Waals surface area contributed by atoms with Crippen LogP contribution in [0.2, 0.25) is 0 Å². The lowest BCUT2D eigenvalue weighted by molar-refractivity contribution is 0.328. The van der Waals surface area contributed by atoms with Gasteiger partial charge in [-0.1, -0.05) is 19.3 Å². The number of alkyl halides is 1. The van der Waals surface area contributed by atoms with Crippen molar-refractivity contribution in [3.8, 4) is 0 Å². The molecule has 0 atom stereocenters. The standard InChI is InChI=1S/C11H17ClN2/c1-9-10(7-12)8-14(13-9)11-5-3-2-4-6-11/h8,11H,2-7H2,1H3. The van der Waals surface area contributed by atoms with Crippen LogP contribution in [-0.4, -0.2) is 9.78 Å². The van der Waals surface area contributed by atoms with E-state index in [2.05, 4.69) is 16.0 Å². The van der Waals surface area contributed by atoms with Crippen LogP contribution in [0, 0.1) is 6.92 Å². The number of aryl methyl sites for hydroxylation is 1. The third-order valence-corrected chi connectivity index (χ3v) is 3.40. The molecule has 78 valence electrons. The summed E-state index contributed by atoms with van der Waals surface area (Å²) >= 11 is 5.83. The summed E-state index contributed by atoms with van der Waals surface area (Å²) in [5.41, 5.74) is 2.27. The van der Waals surface area contributed by atoms with Crippen LogP contribution < -0.4 is 0 Å². The first kappa shape index (κ1) is 10.0. The van der Waals surface area contributed by atoms with E-state index >= 15 is 0 Å². The Morgan fingerprint density at radius 1 is 1.43 bits per heavy atom. The number of aromatic nitrogens is 2. The third-order valence-electron chi connectivity index (χ3n) is 3.11. The number of hydrogen-bond acceptors (Lipinski definition) is 1. The van der Waals surface area contributed by atoms with Gasteiger partial charge in [0, 0.05) is 11.8 Å². The first-order valence-electron chi connectivity index (χ1n) is 5.42. The Labute approximate surface area is 90.3 Å². The van der Waals surface area contributed by atoms with Gasteiger partial charge in [-0.3, -0.25) is 4.68 Å². The fourth-order valence-electron chi connectivity index (χ4n) is 2.18. The van der Waals surface area contributed by atoms with Gasteiger partial charge in [0.1, 0.15) is 0 Å². The van der Waals surface area contributed by atoms with Crippen molar-refractivity contribution in [3.05, 3.63) is 17.5 Å². The van der Waals surface area contributed by atoms with E-state index in [4.69, 9.17) is 11.6 Å². The molecule has 14 heavy (non-hydrogen) atoms. The summed E-state index contributed by atoms with van der Waals surface area (Å²) in [4.78, 5) is 0. The van der Waals surface area contributed by atoms with Crippen molar-refractivity contribution < 1.29 is 0 Å². The van der Waals surface area contributed by atoms with Crippen molar-refractivity contribution in [2.24, 2.45) is 0 Å². The monoisotopic (exact) mass is 212 g/mol. The first-order valence-corrected chi connectivity index (χ1v) is 5.95. The highest BCUT2D eigenvalue weighted by Gasteiger charge is 2.16. The summed E-state index contributed by atoms with van der Waals surface area (Å²) in [6, 6.07) is 0.624. The molecule has 2 rings (SSSR count). The van der Waals surface area contributed by atoms with Gasteiger partial charge in [0.25, 0.3) is 0 Å². The van der Waals surface area contributed by atoms with Crippen molar-refractivity contribution in [3.63, 3.8) is 0 Å². The maximum absolute atomic E-state index is 5.83. The second kappa shape index (κ2) is 4.35. The second-order valence-corrected chi connectivity index (χ2v) is 4.41. The third kappa shape index (κ3) is 1.95. The smallest absolute Gasteiger partial charge is 0.0637 e. The maximum Gasteiger partial charge on any atom is 0.0637 e. The molecule has 1 aromatic rings. The first-order chi connectivity index (χ1) is 6.81. The molecule has 0 aliphatic heterocycles. The average molecular weight is 213 g/mol. The van der Waals surface area contributed by atoms with E-state index in [1.165, 1.54) is 37.7 Å². The highest BCUT2D eigenvalue weighted by Crippen LogP contribution is 2.28. The highest BCUT2D eigenvalue weighted by molar-refractivity contribution is 6.17. The molecule has 0 aromatic carbocycles. The molecule has 3 heteroatoms. The molecule has 2 nitrogen and oxygen atoms in total. The molecule has 1 aliphatic carbocycles. The molecular weight excluding hydrogens is 196 g/mol. The Kier molecular flexibility index (Phi) is 3.12. The minimum Gasteiger partial charge on any atom is -0.269 e. The second-order valence-electron chi connectivity index (χ2n) is 4.15. The van der Waals surface area contributed by atoms with Gasteiger partial charge >= 0.3 is 0 Å². The van der Waals surface area contributed by atoms with Gasteiger partial charge in [-0.05, 0) is 19.8 Å². The van der Waals surface area contributed by atoms with E-state index < -0.39 is 0 Å². The van der Waals surface area contributed by atoms with E-state index in [0.29, 0.717) is 11.9 Å². The van der Waals surface area contributed by atoms with Gasteiger partial charge in [-0.15, -0.1) is 11.6 Å². The summed E-state index contributed by atoms with van der Waals surface area (Å²) in [7, 11) is 0. The van der Waals surface area contributed by atoms with Crippen LogP contribution in [0.1, 0.15) is 49.4 Å². The molecule has 0 bridgehead atoms. The fraction of sp³-hybridized carbons (Fsp3) is 0.727. The van der Waals surface area contributed by atoms with Crippen LogP contribution in [0.3, 0.4) is 0 Å². The van der Waals surface area contributed by atoms with Gasteiger partial charge in [-0.25, -0.2) is 0 Å². The van der Waals surface area contributed by atoms with Gasteiger partial charge in [0.15, 0.2) is 0 Å². The number of hydrogen-bond donors (Lipinski definition) is 0. The molecule has 1 aromatic heterocycles. The van der Waals surface area contributed by atoms with Gasteiger partial charge < -0.3 is 0 Å². The van der Waals surface area contributed by atoms with Crippen LogP contribution in [-0.2, 0) is 5.88 Å². The predicted octanol–water partition coefficient (Wildman–Crippen LogP) is 3.44. The molecule has 1 fully saturated rings. The predicted molar refractivity (Wildman–Crippen MR) is 58.6 cm³/mol. The van der Waals surface area contributed by atoms with Crippen molar-refractivity contribution >= 4 is 11.6 Å². The van der Waals surface area contributed by atoms with Crippen molar-refractivity contribution in [1.29, 1.82) is 0 Å². The molecule has 0 N–H and O–H groups in total. The molecule has 1 saturated carbocycles. The Balaban J connectivity index is 2.14. The lowest BCUT2D eigenvalue weighted by atomic mass is 9.96. The lowest BCUT2D eigenvalue weighted by Crippen LogP contribution is -2.13. The van der Waals surface area contributed by atoms with E-state index in [9.17, 15) is 0 Å². The van der Waals surface area contributed by atoms with Crippen LogP contribution in [0.25, 0.3) is 0 Å². The number of rotatable bonds is 2. The van der Waals surface area contributed by atoms with E-state index in [1.54, 1.807) is 0 Å². The van der Waals surface area contributed by atoms with Crippen LogP contribution in [0.5, 0.6) is 0 Å². The van der Waals surface area contributed by atoms with Crippen LogP contribution in [0.15, 0.2) is 6.20 Å². The van der Waals surface area contributed by atoms with E-state index in [-0.39, 0.29) is 0 Å². The molecule has 1 aliphatic rings. The summed E-state index contributed by atoms with van der Waals surface area (Å²) in [6.45, 7) is 2.04. The van der Waals surface area contributed by atoms with E-state index in [0.717, 1.165) is 5.69 Å². The zero-order valence-corrected chi connectivity index (χ0v) is 9.43. The SMILES string of the molecule is Cc1nn(C2CCCCC2)cc1CCl. The Morgan fingerprint density at radius 3 is 2.71 bits per heavy atom. The Hall–Kier alpha value is -0.500. The van der Waals surface area contributed by atoms with Crippen molar-refractivity contribution in [2.45, 2.75) is 50.9 Å². The minimum absolute atomic E-state index is 0.582. The van der Waals surface area contributed by atoms with Crippen LogP contribution in [0.4, 0.5) is 0 Å². The normalized spacial score (nSPS) is 18.7. The maximum atomic E-state index is 5.83. The van der Waals surface area contributed by atoms with Crippen molar-refractivity contribution in [1.82, 2.24) is 9.78 Å². The fourth-order valence-corrected chi connectivity index (χ4v) is 2.45. The number of halogens is 1. The highest BCUT2D eigenvalue weighted by atomic mass is 35.5. The number of nitrogens with zero attached hydrogens (tertiary/aromatic N) is 2. The summed E-state index contributed by atoms with van der Waals surface area (Å²) < 4.78 is 2.13. The quantitative estimate of drug-likeness (QED) is 0.687. The zero-order chi connectivity index (χ0) is 9.97. The molecule has 0 unspecified atom stereocenters. The van der Waals surface area contributed by atoms with Gasteiger partial charge in [0.05, 0.1) is 17.6 Å². The average Bonchev–Trinajstić information content (AvgIpc) is 2.61. The summed E-state index contributed by atoms with van der Waals surface area (Å²) in [6.07, 6.45) is 8.77. The molecule has 0 spiro atoms. The van der Waals surface area contributed by atoms with Gasteiger partial charge in [0.2, 0.25) is 0 Å². The van der Waals surface area contributed by atoms with E-state index in [1.807, 2.05) is 6.92 Å². The molecule has 1 heterocycles. The Morgan fingerprint density at radius 2 is 2.14 bits per heavy atom. The molecule has 0 saturated heterocycles. The minimum atomic E-state index is 0.582. The van der Waals surface area contributed by atoms with Gasteiger partial charge in [-0.2, -0.15) is 5.10 Å².